The average Bonchev–Trinajstić information content (AvgIpc) is 2.44. The molecule has 8 heteroatoms. The molecule has 126 valence electrons. The van der Waals surface area contributed by atoms with Crippen molar-refractivity contribution < 1.29 is 23.1 Å². The smallest absolute Gasteiger partial charge is 0.303 e. The van der Waals surface area contributed by atoms with E-state index in [1.165, 1.54) is 12.1 Å². The first kappa shape index (κ1) is 17.4. The Morgan fingerprint density at radius 1 is 1.39 bits per heavy atom. The van der Waals surface area contributed by atoms with Crippen LogP contribution in [0.2, 0.25) is 0 Å². The molecule has 0 unspecified atom stereocenters. The number of benzene rings is 1. The summed E-state index contributed by atoms with van der Waals surface area (Å²) >= 11 is 0. The van der Waals surface area contributed by atoms with Gasteiger partial charge in [0.15, 0.2) is 0 Å². The van der Waals surface area contributed by atoms with Crippen LogP contribution in [0, 0.1) is 0 Å². The van der Waals surface area contributed by atoms with Gasteiger partial charge in [-0.15, -0.1) is 0 Å². The highest BCUT2D eigenvalue weighted by Crippen LogP contribution is 2.21. The number of fused-ring (bicyclic) bond motifs is 1. The van der Waals surface area contributed by atoms with Gasteiger partial charge in [-0.3, -0.25) is 9.59 Å². The van der Waals surface area contributed by atoms with E-state index in [9.17, 15) is 18.0 Å². The van der Waals surface area contributed by atoms with E-state index in [0.717, 1.165) is 5.56 Å². The van der Waals surface area contributed by atoms with Gasteiger partial charge in [0.2, 0.25) is 10.0 Å². The predicted molar refractivity (Wildman–Crippen MR) is 83.7 cm³/mol. The van der Waals surface area contributed by atoms with E-state index >= 15 is 0 Å². The van der Waals surface area contributed by atoms with Gasteiger partial charge < -0.3 is 10.4 Å². The van der Waals surface area contributed by atoms with Crippen molar-refractivity contribution in [3.63, 3.8) is 0 Å². The molecule has 0 saturated heterocycles. The number of hydrogen-bond donors (Lipinski definition) is 3. The quantitative estimate of drug-likeness (QED) is 0.712. The van der Waals surface area contributed by atoms with E-state index in [0.29, 0.717) is 18.5 Å². The summed E-state index contributed by atoms with van der Waals surface area (Å²) in [5, 5.41) is 11.4. The van der Waals surface area contributed by atoms with E-state index in [4.69, 9.17) is 5.11 Å². The Balaban J connectivity index is 2.24. The Labute approximate surface area is 135 Å². The highest BCUT2D eigenvalue weighted by molar-refractivity contribution is 7.89. The third kappa shape index (κ3) is 4.29. The molecular weight excluding hydrogens is 320 g/mol. The number of carbonyl (C=O) groups is 2. The second-order valence-electron chi connectivity index (χ2n) is 6.21. The molecule has 7 nitrogen and oxygen atoms in total. The number of carbonyl (C=O) groups excluding carboxylic acids is 1. The van der Waals surface area contributed by atoms with Crippen LogP contribution in [-0.4, -0.2) is 37.5 Å². The zero-order valence-electron chi connectivity index (χ0n) is 13.0. The minimum absolute atomic E-state index is 0.00306. The summed E-state index contributed by atoms with van der Waals surface area (Å²) in [5.41, 5.74) is 0.273. The fourth-order valence-corrected chi connectivity index (χ4v) is 3.92. The Morgan fingerprint density at radius 3 is 2.74 bits per heavy atom. The number of nitrogens with one attached hydrogen (secondary N) is 2. The topological polar surface area (TPSA) is 113 Å². The van der Waals surface area contributed by atoms with Gasteiger partial charge in [0.25, 0.3) is 5.91 Å². The largest absolute Gasteiger partial charge is 0.481 e. The molecule has 23 heavy (non-hydrogen) atoms. The van der Waals surface area contributed by atoms with Crippen LogP contribution in [0.3, 0.4) is 0 Å². The average molecular weight is 340 g/mol. The Kier molecular flexibility index (Phi) is 4.76. The number of aliphatic carboxylic acids is 1. The van der Waals surface area contributed by atoms with Gasteiger partial charge in [-0.05, 0) is 44.4 Å². The van der Waals surface area contributed by atoms with Crippen LogP contribution in [0.4, 0.5) is 0 Å². The maximum atomic E-state index is 12.5. The number of amides is 1. The van der Waals surface area contributed by atoms with Crippen molar-refractivity contribution in [3.05, 3.63) is 29.3 Å². The van der Waals surface area contributed by atoms with Gasteiger partial charge in [-0.2, -0.15) is 0 Å². The molecule has 1 heterocycles. The molecule has 0 aliphatic carbocycles. The van der Waals surface area contributed by atoms with Crippen LogP contribution in [0.15, 0.2) is 23.1 Å². The van der Waals surface area contributed by atoms with Crippen LogP contribution in [0.25, 0.3) is 0 Å². The van der Waals surface area contributed by atoms with Crippen LogP contribution in [0.5, 0.6) is 0 Å². The first-order valence-corrected chi connectivity index (χ1v) is 8.76. The molecule has 1 aromatic carbocycles. The number of hydrogen-bond acceptors (Lipinski definition) is 4. The van der Waals surface area contributed by atoms with Crippen molar-refractivity contribution in [2.45, 2.75) is 43.5 Å². The summed E-state index contributed by atoms with van der Waals surface area (Å²) in [4.78, 5) is 22.5. The summed E-state index contributed by atoms with van der Waals surface area (Å²) in [5.74, 6) is -1.27. The van der Waals surface area contributed by atoms with E-state index in [2.05, 4.69) is 10.0 Å². The summed E-state index contributed by atoms with van der Waals surface area (Å²) < 4.78 is 27.5. The van der Waals surface area contributed by atoms with E-state index in [-0.39, 0.29) is 23.6 Å². The van der Waals surface area contributed by atoms with Gasteiger partial charge in [0.05, 0.1) is 4.90 Å². The lowest BCUT2D eigenvalue weighted by atomic mass is 10.0. The highest BCUT2D eigenvalue weighted by atomic mass is 32.2. The Hall–Kier alpha value is -1.93. The lowest BCUT2D eigenvalue weighted by molar-refractivity contribution is -0.137. The first-order chi connectivity index (χ1) is 10.6. The molecule has 0 atom stereocenters. The molecule has 3 N–H and O–H groups in total. The fraction of sp³-hybridized carbons (Fsp3) is 0.467. The molecular formula is C15H20N2O5S. The predicted octanol–water partition coefficient (Wildman–Crippen LogP) is 0.894. The summed E-state index contributed by atoms with van der Waals surface area (Å²) in [6.07, 6.45) is 0.689. The fourth-order valence-electron chi connectivity index (χ4n) is 2.45. The van der Waals surface area contributed by atoms with Crippen molar-refractivity contribution in [1.82, 2.24) is 10.0 Å². The van der Waals surface area contributed by atoms with Crippen LogP contribution >= 0.6 is 0 Å². The maximum absolute atomic E-state index is 12.5. The molecule has 1 aliphatic rings. The lowest BCUT2D eigenvalue weighted by Gasteiger charge is -2.25. The molecule has 2 rings (SSSR count). The van der Waals surface area contributed by atoms with Crippen molar-refractivity contribution in [3.8, 4) is 0 Å². The van der Waals surface area contributed by atoms with Crippen LogP contribution < -0.4 is 10.0 Å². The molecule has 1 aromatic rings. The highest BCUT2D eigenvalue weighted by Gasteiger charge is 2.28. The van der Waals surface area contributed by atoms with E-state index in [1.54, 1.807) is 19.9 Å². The third-order valence-electron chi connectivity index (χ3n) is 3.69. The van der Waals surface area contributed by atoms with E-state index < -0.39 is 21.5 Å². The molecule has 1 amide bonds. The van der Waals surface area contributed by atoms with Crippen LogP contribution in [0.1, 0.15) is 42.6 Å². The lowest BCUT2D eigenvalue weighted by Crippen LogP contribution is -2.43. The van der Waals surface area contributed by atoms with Crippen molar-refractivity contribution in [1.29, 1.82) is 0 Å². The normalized spacial score (nSPS) is 15.0. The van der Waals surface area contributed by atoms with Gasteiger partial charge in [-0.1, -0.05) is 6.07 Å². The van der Waals surface area contributed by atoms with Crippen molar-refractivity contribution >= 4 is 21.9 Å². The second-order valence-corrected chi connectivity index (χ2v) is 7.89. The summed E-state index contributed by atoms with van der Waals surface area (Å²) in [7, 11) is -3.85. The number of carboxylic acids is 1. The molecule has 1 aliphatic heterocycles. The molecule has 0 aromatic heterocycles. The van der Waals surface area contributed by atoms with Crippen LogP contribution in [-0.2, 0) is 21.2 Å². The number of rotatable bonds is 6. The minimum Gasteiger partial charge on any atom is -0.481 e. The minimum atomic E-state index is -3.85. The standard InChI is InChI=1S/C15H20N2O5S/c1-15(2,7-5-13(18)19)17-23(21,22)11-4-3-10-6-8-16-14(20)12(10)9-11/h3-4,9,17H,5-8H2,1-2H3,(H,16,20)(H,18,19). The van der Waals surface area contributed by atoms with Gasteiger partial charge in [0, 0.05) is 24.1 Å². The molecule has 0 bridgehead atoms. The van der Waals surface area contributed by atoms with Crippen molar-refractivity contribution in [2.75, 3.05) is 6.54 Å². The zero-order chi connectivity index (χ0) is 17.3. The molecule has 0 saturated carbocycles. The summed E-state index contributed by atoms with van der Waals surface area (Å²) in [6, 6.07) is 4.47. The third-order valence-corrected chi connectivity index (χ3v) is 5.39. The number of sulfonamides is 1. The van der Waals surface area contributed by atoms with Gasteiger partial charge in [0.1, 0.15) is 0 Å². The molecule has 0 fully saturated rings. The van der Waals surface area contributed by atoms with Crippen molar-refractivity contribution in [2.24, 2.45) is 0 Å². The Bertz CT molecular complexity index is 740. The Morgan fingerprint density at radius 2 is 2.09 bits per heavy atom. The number of carboxylic acid groups (broad SMARTS) is 1. The summed E-state index contributed by atoms with van der Waals surface area (Å²) in [6.45, 7) is 3.79. The molecule has 0 spiro atoms. The van der Waals surface area contributed by atoms with E-state index in [1.807, 2.05) is 0 Å². The molecule has 0 radical (unpaired) electrons. The van der Waals surface area contributed by atoms with Gasteiger partial charge in [-0.25, -0.2) is 13.1 Å². The second kappa shape index (κ2) is 6.29. The first-order valence-electron chi connectivity index (χ1n) is 7.28. The SMILES string of the molecule is CC(C)(CCC(=O)O)NS(=O)(=O)c1ccc2c(c1)C(=O)NCC2. The monoisotopic (exact) mass is 340 g/mol. The zero-order valence-corrected chi connectivity index (χ0v) is 13.9. The van der Waals surface area contributed by atoms with Gasteiger partial charge >= 0.3 is 5.97 Å². The maximum Gasteiger partial charge on any atom is 0.303 e.